The number of likely N-dealkylation sites (tertiary alicyclic amines) is 1. The van der Waals surface area contributed by atoms with Crippen molar-refractivity contribution in [2.24, 2.45) is 5.92 Å². The van der Waals surface area contributed by atoms with E-state index in [1.807, 2.05) is 0 Å². The Morgan fingerprint density at radius 1 is 1.29 bits per heavy atom. The van der Waals surface area contributed by atoms with Gasteiger partial charge in [0.05, 0.1) is 6.54 Å². The summed E-state index contributed by atoms with van der Waals surface area (Å²) in [6, 6.07) is 6.68. The standard InChI is InChI=1S/C16H20N2O3/c19-13-4-1-11(2-5-13)15(20)10-18-8-7-14-12(9-18)3-6-16(21)17-14/h1-2,4-5,12,14,19H,3,6-10H2,(H,17,21). The summed E-state index contributed by atoms with van der Waals surface area (Å²) in [6.07, 6.45) is 2.43. The van der Waals surface area contributed by atoms with Crippen molar-refractivity contribution in [1.29, 1.82) is 0 Å². The van der Waals surface area contributed by atoms with Crippen molar-refractivity contribution < 1.29 is 14.7 Å². The topological polar surface area (TPSA) is 69.6 Å². The van der Waals surface area contributed by atoms with Crippen LogP contribution in [0.4, 0.5) is 0 Å². The predicted molar refractivity (Wildman–Crippen MR) is 78.1 cm³/mol. The van der Waals surface area contributed by atoms with E-state index in [0.717, 1.165) is 25.9 Å². The van der Waals surface area contributed by atoms with Crippen LogP contribution in [0.5, 0.6) is 5.75 Å². The summed E-state index contributed by atoms with van der Waals surface area (Å²) in [6.45, 7) is 2.11. The SMILES string of the molecule is O=C1CCC2CN(CC(=O)c3ccc(O)cc3)CCC2N1. The van der Waals surface area contributed by atoms with Crippen LogP contribution >= 0.6 is 0 Å². The van der Waals surface area contributed by atoms with E-state index in [1.54, 1.807) is 12.1 Å². The third kappa shape index (κ3) is 3.24. The normalized spacial score (nSPS) is 26.0. The van der Waals surface area contributed by atoms with Crippen molar-refractivity contribution in [2.75, 3.05) is 19.6 Å². The summed E-state index contributed by atoms with van der Waals surface area (Å²) in [5.74, 6) is 0.868. The van der Waals surface area contributed by atoms with Gasteiger partial charge in [0.25, 0.3) is 0 Å². The minimum absolute atomic E-state index is 0.0771. The average molecular weight is 288 g/mol. The molecule has 21 heavy (non-hydrogen) atoms. The number of aromatic hydroxyl groups is 1. The molecule has 0 spiro atoms. The van der Waals surface area contributed by atoms with Gasteiger partial charge in [0.2, 0.25) is 5.91 Å². The van der Waals surface area contributed by atoms with Crippen molar-refractivity contribution in [1.82, 2.24) is 10.2 Å². The molecule has 1 amide bonds. The van der Waals surface area contributed by atoms with Gasteiger partial charge in [0.15, 0.2) is 5.78 Å². The Bertz CT molecular complexity index is 541. The maximum atomic E-state index is 12.2. The van der Waals surface area contributed by atoms with Crippen LogP contribution < -0.4 is 5.32 Å². The fourth-order valence-electron chi connectivity index (χ4n) is 3.27. The predicted octanol–water partition coefficient (Wildman–Crippen LogP) is 1.18. The molecule has 112 valence electrons. The molecule has 2 fully saturated rings. The van der Waals surface area contributed by atoms with Crippen molar-refractivity contribution >= 4 is 11.7 Å². The molecule has 2 N–H and O–H groups in total. The Labute approximate surface area is 123 Å². The van der Waals surface area contributed by atoms with E-state index in [9.17, 15) is 14.7 Å². The first kappa shape index (κ1) is 14.1. The molecule has 2 atom stereocenters. The second kappa shape index (κ2) is 5.85. The molecular weight excluding hydrogens is 268 g/mol. The highest BCUT2D eigenvalue weighted by Gasteiger charge is 2.34. The van der Waals surface area contributed by atoms with Gasteiger partial charge in [-0.05, 0) is 43.0 Å². The van der Waals surface area contributed by atoms with E-state index in [1.165, 1.54) is 12.1 Å². The fourth-order valence-corrected chi connectivity index (χ4v) is 3.27. The van der Waals surface area contributed by atoms with E-state index < -0.39 is 0 Å². The number of carbonyl (C=O) groups excluding carboxylic acids is 2. The number of nitrogens with zero attached hydrogens (tertiary/aromatic N) is 1. The highest BCUT2D eigenvalue weighted by Crippen LogP contribution is 2.25. The molecule has 0 bridgehead atoms. The maximum Gasteiger partial charge on any atom is 0.220 e. The van der Waals surface area contributed by atoms with Gasteiger partial charge in [-0.2, -0.15) is 0 Å². The number of phenols is 1. The number of ketones is 1. The van der Waals surface area contributed by atoms with Crippen LogP contribution in [0.15, 0.2) is 24.3 Å². The van der Waals surface area contributed by atoms with Gasteiger partial charge in [0, 0.05) is 31.1 Å². The molecule has 2 saturated heterocycles. The Kier molecular flexibility index (Phi) is 3.92. The number of nitrogens with one attached hydrogen (secondary N) is 1. The van der Waals surface area contributed by atoms with E-state index in [2.05, 4.69) is 10.2 Å². The van der Waals surface area contributed by atoms with Crippen LogP contribution in [0.25, 0.3) is 0 Å². The molecule has 5 heteroatoms. The van der Waals surface area contributed by atoms with Crippen LogP contribution in [0, 0.1) is 5.92 Å². The number of fused-ring (bicyclic) bond motifs is 1. The Morgan fingerprint density at radius 2 is 2.05 bits per heavy atom. The van der Waals surface area contributed by atoms with E-state index in [-0.39, 0.29) is 23.5 Å². The zero-order valence-electron chi connectivity index (χ0n) is 11.9. The number of Topliss-reactive ketones (excluding diaryl/α,β-unsaturated/α-hetero) is 1. The monoisotopic (exact) mass is 288 g/mol. The number of hydrogen-bond donors (Lipinski definition) is 2. The van der Waals surface area contributed by atoms with E-state index >= 15 is 0 Å². The first-order valence-corrected chi connectivity index (χ1v) is 7.46. The van der Waals surface area contributed by atoms with Gasteiger partial charge in [0.1, 0.15) is 5.75 Å². The van der Waals surface area contributed by atoms with Gasteiger partial charge in [-0.15, -0.1) is 0 Å². The first-order valence-electron chi connectivity index (χ1n) is 7.46. The Hall–Kier alpha value is -1.88. The molecule has 1 aromatic rings. The van der Waals surface area contributed by atoms with Crippen molar-refractivity contribution in [3.05, 3.63) is 29.8 Å². The summed E-state index contributed by atoms with van der Waals surface area (Å²) in [4.78, 5) is 25.8. The van der Waals surface area contributed by atoms with Crippen LogP contribution in [0.3, 0.4) is 0 Å². The molecule has 3 rings (SSSR count). The minimum Gasteiger partial charge on any atom is -0.508 e. The molecule has 2 heterocycles. The summed E-state index contributed by atoms with van der Waals surface area (Å²) < 4.78 is 0. The molecule has 0 aliphatic carbocycles. The molecule has 5 nitrogen and oxygen atoms in total. The van der Waals surface area contributed by atoms with Crippen molar-refractivity contribution in [2.45, 2.75) is 25.3 Å². The molecule has 2 unspecified atom stereocenters. The minimum atomic E-state index is 0.0771. The summed E-state index contributed by atoms with van der Waals surface area (Å²) in [5, 5.41) is 12.3. The van der Waals surface area contributed by atoms with Gasteiger partial charge < -0.3 is 10.4 Å². The van der Waals surface area contributed by atoms with Crippen LogP contribution in [0.1, 0.15) is 29.6 Å². The summed E-state index contributed by atoms with van der Waals surface area (Å²) >= 11 is 0. The lowest BCUT2D eigenvalue weighted by Gasteiger charge is -2.41. The zero-order chi connectivity index (χ0) is 14.8. The smallest absolute Gasteiger partial charge is 0.220 e. The number of amides is 1. The van der Waals surface area contributed by atoms with Gasteiger partial charge in [-0.3, -0.25) is 14.5 Å². The average Bonchev–Trinajstić information content (AvgIpc) is 2.48. The van der Waals surface area contributed by atoms with Crippen LogP contribution in [-0.2, 0) is 4.79 Å². The highest BCUT2D eigenvalue weighted by atomic mass is 16.3. The number of piperidine rings is 2. The van der Waals surface area contributed by atoms with E-state index in [4.69, 9.17) is 0 Å². The van der Waals surface area contributed by atoms with E-state index in [0.29, 0.717) is 24.4 Å². The fraction of sp³-hybridized carbons (Fsp3) is 0.500. The number of benzene rings is 1. The quantitative estimate of drug-likeness (QED) is 0.819. The molecule has 2 aliphatic rings. The van der Waals surface area contributed by atoms with Crippen LogP contribution in [-0.4, -0.2) is 47.4 Å². The Morgan fingerprint density at radius 3 is 2.81 bits per heavy atom. The lowest BCUT2D eigenvalue weighted by molar-refractivity contribution is -0.125. The molecule has 0 radical (unpaired) electrons. The largest absolute Gasteiger partial charge is 0.508 e. The molecule has 0 saturated carbocycles. The molecule has 2 aliphatic heterocycles. The number of rotatable bonds is 3. The lowest BCUT2D eigenvalue weighted by atomic mass is 9.85. The molecule has 0 aromatic heterocycles. The van der Waals surface area contributed by atoms with Crippen molar-refractivity contribution in [3.8, 4) is 5.75 Å². The summed E-state index contributed by atoms with van der Waals surface area (Å²) in [5.41, 5.74) is 0.631. The van der Waals surface area contributed by atoms with Gasteiger partial charge in [-0.25, -0.2) is 0 Å². The van der Waals surface area contributed by atoms with Crippen molar-refractivity contribution in [3.63, 3.8) is 0 Å². The molecular formula is C16H20N2O3. The Balaban J connectivity index is 1.57. The molecule has 1 aromatic carbocycles. The highest BCUT2D eigenvalue weighted by molar-refractivity contribution is 5.97. The third-order valence-corrected chi connectivity index (χ3v) is 4.46. The maximum absolute atomic E-state index is 12.2. The zero-order valence-corrected chi connectivity index (χ0v) is 11.9. The van der Waals surface area contributed by atoms with Gasteiger partial charge in [-0.1, -0.05) is 0 Å². The third-order valence-electron chi connectivity index (χ3n) is 4.46. The lowest BCUT2D eigenvalue weighted by Crippen LogP contribution is -2.54. The second-order valence-corrected chi connectivity index (χ2v) is 5.97. The summed E-state index contributed by atoms with van der Waals surface area (Å²) in [7, 11) is 0. The number of phenolic OH excluding ortho intramolecular Hbond substituents is 1. The second-order valence-electron chi connectivity index (χ2n) is 5.97. The van der Waals surface area contributed by atoms with Crippen LogP contribution in [0.2, 0.25) is 0 Å². The van der Waals surface area contributed by atoms with Gasteiger partial charge >= 0.3 is 0 Å². The number of hydrogen-bond acceptors (Lipinski definition) is 4. The first-order chi connectivity index (χ1) is 10.1. The number of carbonyl (C=O) groups is 2.